The summed E-state index contributed by atoms with van der Waals surface area (Å²) in [6.45, 7) is 4.35. The van der Waals surface area contributed by atoms with Gasteiger partial charge in [-0.15, -0.1) is 0 Å². The highest BCUT2D eigenvalue weighted by Crippen LogP contribution is 2.34. The Morgan fingerprint density at radius 3 is 2.95 bits per heavy atom. The maximum atomic E-state index is 6.02. The molecule has 0 bridgehead atoms. The molecule has 0 N–H and O–H groups in total. The van der Waals surface area contributed by atoms with Crippen molar-refractivity contribution in [1.29, 1.82) is 0 Å². The molecule has 0 saturated heterocycles. The van der Waals surface area contributed by atoms with E-state index in [2.05, 4.69) is 50.3 Å². The molecule has 20 heavy (non-hydrogen) atoms. The van der Waals surface area contributed by atoms with Crippen LogP contribution in [0.5, 0.6) is 5.75 Å². The summed E-state index contributed by atoms with van der Waals surface area (Å²) in [6, 6.07) is 8.22. The number of rotatable bonds is 2. The predicted molar refractivity (Wildman–Crippen MR) is 84.5 cm³/mol. The summed E-state index contributed by atoms with van der Waals surface area (Å²) in [5.74, 6) is 1.92. The third kappa shape index (κ3) is 2.49. The van der Waals surface area contributed by atoms with E-state index in [4.69, 9.17) is 4.74 Å². The van der Waals surface area contributed by atoms with Crippen LogP contribution in [0.2, 0.25) is 0 Å². The average molecular weight is 264 g/mol. The summed E-state index contributed by atoms with van der Waals surface area (Å²) < 4.78 is 6.02. The van der Waals surface area contributed by atoms with Gasteiger partial charge in [0.1, 0.15) is 11.5 Å². The Kier molecular flexibility index (Phi) is 3.60. The minimum absolute atomic E-state index is 0.956. The van der Waals surface area contributed by atoms with Crippen LogP contribution in [-0.4, -0.2) is 0 Å². The number of para-hydroxylation sites is 1. The van der Waals surface area contributed by atoms with Gasteiger partial charge in [0.25, 0.3) is 0 Å². The standard InChI is InChI=1S/C19H20O/c1-3-15-8-4-5-9-16(15)13-17-12-14(2)18-10-6-7-11-19(18)20-17/h4,6-8,10-13H,3,5,9H2,1-2H3. The molecule has 1 heterocycles. The predicted octanol–water partition coefficient (Wildman–Crippen LogP) is 5.42. The number of benzene rings is 1. The SMILES string of the molecule is CCC1=C(C=C2C=C(C)c3ccccc3O2)CCC=C1. The molecule has 0 spiro atoms. The summed E-state index contributed by atoms with van der Waals surface area (Å²) in [6.07, 6.45) is 12.2. The van der Waals surface area contributed by atoms with Crippen LogP contribution >= 0.6 is 0 Å². The number of fused-ring (bicyclic) bond motifs is 1. The third-order valence-electron chi connectivity index (χ3n) is 3.91. The van der Waals surface area contributed by atoms with E-state index in [1.807, 2.05) is 12.1 Å². The molecule has 1 heteroatoms. The van der Waals surface area contributed by atoms with Gasteiger partial charge >= 0.3 is 0 Å². The van der Waals surface area contributed by atoms with E-state index >= 15 is 0 Å². The highest BCUT2D eigenvalue weighted by atomic mass is 16.5. The fourth-order valence-corrected chi connectivity index (χ4v) is 2.81. The zero-order valence-electron chi connectivity index (χ0n) is 12.1. The van der Waals surface area contributed by atoms with Crippen molar-refractivity contribution in [1.82, 2.24) is 0 Å². The quantitative estimate of drug-likeness (QED) is 0.692. The van der Waals surface area contributed by atoms with E-state index in [-0.39, 0.29) is 0 Å². The zero-order chi connectivity index (χ0) is 13.9. The lowest BCUT2D eigenvalue weighted by atomic mass is 9.94. The Bertz CT molecular complexity index is 641. The number of ether oxygens (including phenoxy) is 1. The fourth-order valence-electron chi connectivity index (χ4n) is 2.81. The van der Waals surface area contributed by atoms with Crippen LogP contribution in [0.4, 0.5) is 0 Å². The van der Waals surface area contributed by atoms with Gasteiger partial charge in [-0.3, -0.25) is 0 Å². The molecule has 1 aliphatic carbocycles. The van der Waals surface area contributed by atoms with Crippen molar-refractivity contribution in [2.24, 2.45) is 0 Å². The fraction of sp³-hybridized carbons (Fsp3) is 0.263. The van der Waals surface area contributed by atoms with Crippen molar-refractivity contribution in [3.8, 4) is 5.75 Å². The lowest BCUT2D eigenvalue weighted by Gasteiger charge is -2.19. The van der Waals surface area contributed by atoms with E-state index in [0.717, 1.165) is 30.8 Å². The summed E-state index contributed by atoms with van der Waals surface area (Å²) in [4.78, 5) is 0. The Labute approximate surface area is 121 Å². The molecule has 0 unspecified atom stereocenters. The van der Waals surface area contributed by atoms with Crippen LogP contribution in [0.25, 0.3) is 5.57 Å². The van der Waals surface area contributed by atoms with Gasteiger partial charge in [-0.05, 0) is 61.1 Å². The van der Waals surface area contributed by atoms with Gasteiger partial charge in [-0.1, -0.05) is 37.3 Å². The second-order valence-electron chi connectivity index (χ2n) is 5.32. The van der Waals surface area contributed by atoms with E-state index in [1.165, 1.54) is 22.3 Å². The van der Waals surface area contributed by atoms with Crippen molar-refractivity contribution >= 4 is 5.57 Å². The normalized spacial score (nSPS) is 19.7. The summed E-state index contributed by atoms with van der Waals surface area (Å²) in [5, 5.41) is 0. The molecule has 1 aliphatic heterocycles. The number of hydrogen-bond donors (Lipinski definition) is 0. The van der Waals surface area contributed by atoms with Crippen molar-refractivity contribution in [3.05, 3.63) is 71.0 Å². The first-order valence-corrected chi connectivity index (χ1v) is 7.33. The minimum Gasteiger partial charge on any atom is -0.457 e. The summed E-state index contributed by atoms with van der Waals surface area (Å²) in [5.41, 5.74) is 5.30. The molecule has 0 fully saturated rings. The first-order valence-electron chi connectivity index (χ1n) is 7.33. The number of allylic oxidation sites excluding steroid dienone is 7. The second kappa shape index (κ2) is 5.54. The second-order valence-corrected chi connectivity index (χ2v) is 5.32. The summed E-state index contributed by atoms with van der Waals surface area (Å²) in [7, 11) is 0. The van der Waals surface area contributed by atoms with Crippen LogP contribution in [0, 0.1) is 0 Å². The summed E-state index contributed by atoms with van der Waals surface area (Å²) >= 11 is 0. The Hall–Kier alpha value is -2.02. The van der Waals surface area contributed by atoms with Gasteiger partial charge in [0, 0.05) is 5.56 Å². The molecular weight excluding hydrogens is 244 g/mol. The van der Waals surface area contributed by atoms with Crippen LogP contribution in [-0.2, 0) is 0 Å². The van der Waals surface area contributed by atoms with Crippen molar-refractivity contribution in [3.63, 3.8) is 0 Å². The Balaban J connectivity index is 1.97. The van der Waals surface area contributed by atoms with Gasteiger partial charge in [0.15, 0.2) is 0 Å². The molecule has 1 nitrogen and oxygen atoms in total. The lowest BCUT2D eigenvalue weighted by molar-refractivity contribution is 0.437. The maximum absolute atomic E-state index is 6.02. The molecular formula is C19H20O. The van der Waals surface area contributed by atoms with Crippen molar-refractivity contribution in [2.75, 3.05) is 0 Å². The van der Waals surface area contributed by atoms with Gasteiger partial charge in [-0.25, -0.2) is 0 Å². The van der Waals surface area contributed by atoms with Gasteiger partial charge in [0.05, 0.1) is 0 Å². The Morgan fingerprint density at radius 2 is 2.10 bits per heavy atom. The number of hydrogen-bond acceptors (Lipinski definition) is 1. The molecule has 0 amide bonds. The molecule has 1 aromatic rings. The van der Waals surface area contributed by atoms with Crippen molar-refractivity contribution < 1.29 is 4.74 Å². The van der Waals surface area contributed by atoms with Crippen LogP contribution in [0.15, 0.2) is 65.5 Å². The first kappa shape index (κ1) is 13.0. The first-order chi connectivity index (χ1) is 9.78. The lowest BCUT2D eigenvalue weighted by Crippen LogP contribution is -2.03. The maximum Gasteiger partial charge on any atom is 0.134 e. The molecule has 2 aliphatic rings. The highest BCUT2D eigenvalue weighted by Gasteiger charge is 2.14. The van der Waals surface area contributed by atoms with Gasteiger partial charge < -0.3 is 4.74 Å². The molecule has 102 valence electrons. The van der Waals surface area contributed by atoms with E-state index in [9.17, 15) is 0 Å². The monoisotopic (exact) mass is 264 g/mol. The van der Waals surface area contributed by atoms with E-state index in [0.29, 0.717) is 0 Å². The molecule has 0 saturated carbocycles. The topological polar surface area (TPSA) is 9.23 Å². The van der Waals surface area contributed by atoms with Gasteiger partial charge in [-0.2, -0.15) is 0 Å². The molecule has 0 radical (unpaired) electrons. The van der Waals surface area contributed by atoms with Gasteiger partial charge in [0.2, 0.25) is 0 Å². The molecule has 0 atom stereocenters. The largest absolute Gasteiger partial charge is 0.457 e. The van der Waals surface area contributed by atoms with Crippen LogP contribution in [0.1, 0.15) is 38.7 Å². The van der Waals surface area contributed by atoms with Crippen molar-refractivity contribution in [2.45, 2.75) is 33.1 Å². The molecule has 0 aromatic heterocycles. The molecule has 1 aromatic carbocycles. The molecule has 3 rings (SSSR count). The average Bonchev–Trinajstić information content (AvgIpc) is 2.48. The van der Waals surface area contributed by atoms with Crippen LogP contribution in [0.3, 0.4) is 0 Å². The zero-order valence-corrected chi connectivity index (χ0v) is 12.1. The third-order valence-corrected chi connectivity index (χ3v) is 3.91. The van der Waals surface area contributed by atoms with Crippen LogP contribution < -0.4 is 4.74 Å². The minimum atomic E-state index is 0.956. The smallest absolute Gasteiger partial charge is 0.134 e. The van der Waals surface area contributed by atoms with E-state index in [1.54, 1.807) is 0 Å². The highest BCUT2D eigenvalue weighted by molar-refractivity contribution is 5.73. The Morgan fingerprint density at radius 1 is 1.25 bits per heavy atom. The van der Waals surface area contributed by atoms with E-state index < -0.39 is 0 Å².